The number of para-hydroxylation sites is 1. The summed E-state index contributed by atoms with van der Waals surface area (Å²) in [6.07, 6.45) is 2.56. The molecule has 0 fully saturated rings. The number of carbonyl (C=O) groups excluding carboxylic acids is 3. The van der Waals surface area contributed by atoms with E-state index in [0.717, 1.165) is 16.3 Å². The molecule has 0 spiro atoms. The molecule has 0 unspecified atom stereocenters. The van der Waals surface area contributed by atoms with Crippen molar-refractivity contribution < 1.29 is 28.7 Å². The smallest absolute Gasteiger partial charge is 0.438 e. The lowest BCUT2D eigenvalue weighted by Crippen LogP contribution is -2.30. The van der Waals surface area contributed by atoms with Crippen LogP contribution in [0.1, 0.15) is 33.2 Å². The number of nitrogens with zero attached hydrogens (tertiary/aromatic N) is 3. The number of carbonyl (C=O) groups is 3. The van der Waals surface area contributed by atoms with Gasteiger partial charge in [-0.15, -0.1) is 5.10 Å². The van der Waals surface area contributed by atoms with Crippen LogP contribution in [0, 0.1) is 0 Å². The first-order valence-electron chi connectivity index (χ1n) is 12.1. The van der Waals surface area contributed by atoms with E-state index in [9.17, 15) is 14.4 Å². The van der Waals surface area contributed by atoms with E-state index >= 15 is 0 Å². The van der Waals surface area contributed by atoms with Gasteiger partial charge in [0.1, 0.15) is 6.61 Å². The predicted octanol–water partition coefficient (Wildman–Crippen LogP) is 6.25. The van der Waals surface area contributed by atoms with Crippen LogP contribution in [0.15, 0.2) is 96.7 Å². The number of benzene rings is 3. The van der Waals surface area contributed by atoms with Gasteiger partial charge in [-0.05, 0) is 43.3 Å². The SMILES string of the molecule is CC1=CC(=O)c2ccccc2C1=O.COC(=O)N(OC)c1ccccc1COc1ccn(-c2ccc(Cl)cc2)n1. The van der Waals surface area contributed by atoms with Gasteiger partial charge in [-0.3, -0.25) is 14.4 Å². The van der Waals surface area contributed by atoms with Crippen molar-refractivity contribution in [3.05, 3.63) is 118 Å². The van der Waals surface area contributed by atoms with Crippen LogP contribution in [-0.4, -0.2) is 41.7 Å². The molecule has 1 aliphatic carbocycles. The third kappa shape index (κ3) is 6.45. The van der Waals surface area contributed by atoms with Gasteiger partial charge in [0.25, 0.3) is 0 Å². The molecular weight excluding hydrogens is 534 g/mol. The number of hydroxylamine groups is 1. The molecule has 40 heavy (non-hydrogen) atoms. The lowest BCUT2D eigenvalue weighted by molar-refractivity contribution is 0.0984. The fraction of sp³-hybridized carbons (Fsp3) is 0.133. The minimum atomic E-state index is -0.628. The minimum absolute atomic E-state index is 0.0461. The zero-order valence-electron chi connectivity index (χ0n) is 22.0. The summed E-state index contributed by atoms with van der Waals surface area (Å²) in [6, 6.07) is 23.2. The molecule has 0 radical (unpaired) electrons. The number of hydrogen-bond donors (Lipinski definition) is 0. The molecule has 0 aliphatic heterocycles. The summed E-state index contributed by atoms with van der Waals surface area (Å²) in [7, 11) is 2.68. The second-order valence-electron chi connectivity index (χ2n) is 8.51. The van der Waals surface area contributed by atoms with Crippen molar-refractivity contribution in [1.82, 2.24) is 9.78 Å². The lowest BCUT2D eigenvalue weighted by Gasteiger charge is -2.20. The van der Waals surface area contributed by atoms with E-state index in [2.05, 4.69) is 5.10 Å². The fourth-order valence-electron chi connectivity index (χ4n) is 3.91. The van der Waals surface area contributed by atoms with E-state index in [0.29, 0.717) is 33.3 Å². The Kier molecular flexibility index (Phi) is 9.11. The van der Waals surface area contributed by atoms with Crippen LogP contribution in [0.3, 0.4) is 0 Å². The van der Waals surface area contributed by atoms with Crippen molar-refractivity contribution in [3.63, 3.8) is 0 Å². The topological polar surface area (TPSA) is 100.0 Å². The Morgan fingerprint density at radius 1 is 0.925 bits per heavy atom. The number of halogens is 1. The highest BCUT2D eigenvalue weighted by Gasteiger charge is 2.22. The zero-order chi connectivity index (χ0) is 28.6. The summed E-state index contributed by atoms with van der Waals surface area (Å²) in [6.45, 7) is 1.86. The molecule has 0 bridgehead atoms. The van der Waals surface area contributed by atoms with Crippen LogP contribution in [0.25, 0.3) is 5.69 Å². The molecule has 204 valence electrons. The van der Waals surface area contributed by atoms with Crippen molar-refractivity contribution in [2.45, 2.75) is 13.5 Å². The van der Waals surface area contributed by atoms with Gasteiger partial charge in [-0.2, -0.15) is 5.06 Å². The lowest BCUT2D eigenvalue weighted by atomic mass is 9.90. The quantitative estimate of drug-likeness (QED) is 0.257. The van der Waals surface area contributed by atoms with Gasteiger partial charge in [0, 0.05) is 39.5 Å². The van der Waals surface area contributed by atoms with Crippen LogP contribution >= 0.6 is 11.6 Å². The van der Waals surface area contributed by atoms with Crippen molar-refractivity contribution >= 4 is 34.9 Å². The van der Waals surface area contributed by atoms with Crippen LogP contribution in [-0.2, 0) is 16.2 Å². The molecule has 0 saturated heterocycles. The number of ether oxygens (including phenoxy) is 2. The van der Waals surface area contributed by atoms with E-state index in [1.54, 1.807) is 72.4 Å². The summed E-state index contributed by atoms with van der Waals surface area (Å²) in [5.41, 5.74) is 3.69. The fourth-order valence-corrected chi connectivity index (χ4v) is 4.03. The number of anilines is 1. The number of fused-ring (bicyclic) bond motifs is 1. The number of hydrogen-bond acceptors (Lipinski definition) is 7. The van der Waals surface area contributed by atoms with E-state index in [-0.39, 0.29) is 18.2 Å². The Balaban J connectivity index is 0.000000236. The Bertz CT molecular complexity index is 1560. The number of ketones is 2. The van der Waals surface area contributed by atoms with Crippen molar-refractivity contribution in [1.29, 1.82) is 0 Å². The van der Waals surface area contributed by atoms with Crippen molar-refractivity contribution in [2.24, 2.45) is 0 Å². The molecule has 0 saturated carbocycles. The van der Waals surface area contributed by atoms with E-state index < -0.39 is 6.09 Å². The maximum Gasteiger partial charge on any atom is 0.438 e. The summed E-state index contributed by atoms with van der Waals surface area (Å²) < 4.78 is 12.2. The second-order valence-corrected chi connectivity index (χ2v) is 8.94. The van der Waals surface area contributed by atoms with Crippen molar-refractivity contribution in [3.8, 4) is 11.6 Å². The van der Waals surface area contributed by atoms with Gasteiger partial charge in [-0.1, -0.05) is 54.1 Å². The van der Waals surface area contributed by atoms with E-state index in [4.69, 9.17) is 25.9 Å². The number of amides is 1. The molecule has 1 aromatic heterocycles. The van der Waals surface area contributed by atoms with E-state index in [1.807, 2.05) is 24.3 Å². The Morgan fingerprint density at radius 2 is 1.60 bits per heavy atom. The van der Waals surface area contributed by atoms with Crippen LogP contribution in [0.2, 0.25) is 5.02 Å². The Morgan fingerprint density at radius 3 is 2.30 bits per heavy atom. The highest BCUT2D eigenvalue weighted by atomic mass is 35.5. The molecule has 1 heterocycles. The molecule has 9 nitrogen and oxygen atoms in total. The summed E-state index contributed by atoms with van der Waals surface area (Å²) in [5, 5.41) is 6.11. The molecule has 1 aliphatic rings. The molecule has 3 aromatic carbocycles. The third-order valence-corrected chi connectivity index (χ3v) is 6.16. The maximum absolute atomic E-state index is 11.9. The number of aromatic nitrogens is 2. The zero-order valence-corrected chi connectivity index (χ0v) is 22.8. The highest BCUT2D eigenvalue weighted by Crippen LogP contribution is 2.24. The minimum Gasteiger partial charge on any atom is -0.472 e. The number of rotatable bonds is 6. The molecule has 4 aromatic rings. The van der Waals surface area contributed by atoms with Crippen molar-refractivity contribution in [2.75, 3.05) is 19.3 Å². The Labute approximate surface area is 236 Å². The molecular formula is C30H26ClN3O6. The average Bonchev–Trinajstić information content (AvgIpc) is 3.45. The third-order valence-electron chi connectivity index (χ3n) is 5.91. The molecule has 5 rings (SSSR count). The first kappa shape index (κ1) is 28.3. The van der Waals surface area contributed by atoms with Gasteiger partial charge in [0.05, 0.1) is 25.6 Å². The number of allylic oxidation sites excluding steroid dienone is 2. The Hall–Kier alpha value is -4.73. The summed E-state index contributed by atoms with van der Waals surface area (Å²) >= 11 is 5.91. The maximum atomic E-state index is 11.9. The summed E-state index contributed by atoms with van der Waals surface area (Å²) in [4.78, 5) is 39.9. The number of methoxy groups -OCH3 is 1. The van der Waals surface area contributed by atoms with Crippen LogP contribution < -0.4 is 9.80 Å². The van der Waals surface area contributed by atoms with Crippen LogP contribution in [0.5, 0.6) is 5.88 Å². The normalized spacial score (nSPS) is 12.1. The monoisotopic (exact) mass is 559 g/mol. The second kappa shape index (κ2) is 12.9. The van der Waals surface area contributed by atoms with E-state index in [1.165, 1.54) is 20.3 Å². The summed E-state index contributed by atoms with van der Waals surface area (Å²) in [5.74, 6) is 0.324. The molecule has 0 N–H and O–H groups in total. The first-order valence-corrected chi connectivity index (χ1v) is 12.5. The van der Waals surface area contributed by atoms with Gasteiger partial charge >= 0.3 is 6.09 Å². The molecule has 0 atom stereocenters. The average molecular weight is 560 g/mol. The predicted molar refractivity (Wildman–Crippen MR) is 150 cm³/mol. The largest absolute Gasteiger partial charge is 0.472 e. The van der Waals surface area contributed by atoms with Gasteiger partial charge < -0.3 is 9.47 Å². The highest BCUT2D eigenvalue weighted by molar-refractivity contribution is 6.30. The number of Topliss-reactive ketones (excluding diaryl/α,β-unsaturated/α-hetero) is 1. The van der Waals surface area contributed by atoms with Gasteiger partial charge in [0.15, 0.2) is 11.6 Å². The standard InChI is InChI=1S/C19H18ClN3O4.C11H8O2/c1-25-19(24)23(26-2)17-6-4-3-5-14(17)13-27-18-11-12-22(21-18)16-9-7-15(20)8-10-16;1-7-6-10(12)8-4-2-3-5-9(8)11(7)13/h3-12H,13H2,1-2H3;2-6H,1H3. The first-order chi connectivity index (χ1) is 19.3. The molecule has 1 amide bonds. The van der Waals surface area contributed by atoms with Crippen LogP contribution in [0.4, 0.5) is 10.5 Å². The van der Waals surface area contributed by atoms with Gasteiger partial charge in [-0.25, -0.2) is 9.48 Å². The molecule has 10 heteroatoms. The van der Waals surface area contributed by atoms with Gasteiger partial charge in [0.2, 0.25) is 5.88 Å².